The Hall–Kier alpha value is 0.1000. The summed E-state index contributed by atoms with van der Waals surface area (Å²) in [5, 5.41) is 5.53. The third kappa shape index (κ3) is 2.61. The predicted molar refractivity (Wildman–Crippen MR) is 71.6 cm³/mol. The number of thiophene rings is 1. The summed E-state index contributed by atoms with van der Waals surface area (Å²) in [4.78, 5) is 3.61. The van der Waals surface area contributed by atoms with Crippen molar-refractivity contribution in [1.29, 1.82) is 0 Å². The Morgan fingerprint density at radius 1 is 1.47 bits per heavy atom. The van der Waals surface area contributed by atoms with Crippen molar-refractivity contribution in [3.63, 3.8) is 0 Å². The SMILES string of the molecule is CNC(c1sccc1Br)C(C)(C)N(C)C. The molecule has 0 saturated carbocycles. The highest BCUT2D eigenvalue weighted by molar-refractivity contribution is 9.10. The number of likely N-dealkylation sites (N-methyl/N-ethyl adjacent to an activating group) is 2. The number of halogens is 1. The highest BCUT2D eigenvalue weighted by Gasteiger charge is 2.33. The molecule has 0 aliphatic heterocycles. The van der Waals surface area contributed by atoms with Crippen LogP contribution >= 0.6 is 27.3 Å². The molecule has 1 N–H and O–H groups in total. The topological polar surface area (TPSA) is 15.3 Å². The van der Waals surface area contributed by atoms with Gasteiger partial charge in [-0.25, -0.2) is 0 Å². The standard InChI is InChI=1S/C11H19BrN2S/c1-11(2,14(4)5)10(13-3)9-8(12)6-7-15-9/h6-7,10,13H,1-5H3. The number of hydrogen-bond acceptors (Lipinski definition) is 3. The molecular formula is C11H19BrN2S. The molecule has 0 spiro atoms. The average Bonchev–Trinajstić information content (AvgIpc) is 2.53. The zero-order valence-electron chi connectivity index (χ0n) is 9.97. The Kier molecular flexibility index (Phi) is 4.35. The van der Waals surface area contributed by atoms with E-state index < -0.39 is 0 Å². The van der Waals surface area contributed by atoms with Crippen LogP contribution < -0.4 is 5.32 Å². The van der Waals surface area contributed by atoms with Gasteiger partial charge in [-0.3, -0.25) is 0 Å². The summed E-state index contributed by atoms with van der Waals surface area (Å²) >= 11 is 5.39. The van der Waals surface area contributed by atoms with Crippen LogP contribution in [0, 0.1) is 0 Å². The van der Waals surface area contributed by atoms with E-state index >= 15 is 0 Å². The van der Waals surface area contributed by atoms with Crippen LogP contribution in [0.5, 0.6) is 0 Å². The third-order valence-electron chi connectivity index (χ3n) is 3.05. The van der Waals surface area contributed by atoms with E-state index in [-0.39, 0.29) is 5.54 Å². The van der Waals surface area contributed by atoms with Gasteiger partial charge in [-0.05, 0) is 62.4 Å². The summed E-state index contributed by atoms with van der Waals surface area (Å²) in [5.74, 6) is 0. The van der Waals surface area contributed by atoms with Gasteiger partial charge in [0.1, 0.15) is 0 Å². The van der Waals surface area contributed by atoms with Gasteiger partial charge in [-0.1, -0.05) is 0 Å². The average molecular weight is 291 g/mol. The summed E-state index contributed by atoms with van der Waals surface area (Å²) in [6.45, 7) is 4.50. The largest absolute Gasteiger partial charge is 0.311 e. The van der Waals surface area contributed by atoms with E-state index in [1.165, 1.54) is 9.35 Å². The summed E-state index contributed by atoms with van der Waals surface area (Å²) in [5.41, 5.74) is 0.0854. The molecule has 15 heavy (non-hydrogen) atoms. The van der Waals surface area contributed by atoms with Gasteiger partial charge in [0.05, 0.1) is 6.04 Å². The summed E-state index contributed by atoms with van der Waals surface area (Å²) in [6.07, 6.45) is 0. The van der Waals surface area contributed by atoms with Gasteiger partial charge >= 0.3 is 0 Å². The molecular weight excluding hydrogens is 272 g/mol. The molecule has 1 aromatic heterocycles. The maximum absolute atomic E-state index is 3.60. The lowest BCUT2D eigenvalue weighted by Crippen LogP contribution is -2.48. The fourth-order valence-electron chi connectivity index (χ4n) is 1.57. The Morgan fingerprint density at radius 2 is 2.07 bits per heavy atom. The van der Waals surface area contributed by atoms with Gasteiger partial charge in [0.25, 0.3) is 0 Å². The van der Waals surface area contributed by atoms with Gasteiger partial charge < -0.3 is 10.2 Å². The molecule has 1 atom stereocenters. The van der Waals surface area contributed by atoms with E-state index in [1.54, 1.807) is 11.3 Å². The van der Waals surface area contributed by atoms with Crippen LogP contribution in [0.15, 0.2) is 15.9 Å². The Bertz CT molecular complexity index is 320. The predicted octanol–water partition coefficient (Wildman–Crippen LogP) is 3.11. The second-order valence-electron chi connectivity index (χ2n) is 4.40. The zero-order valence-corrected chi connectivity index (χ0v) is 12.4. The Labute approximate surface area is 105 Å². The van der Waals surface area contributed by atoms with E-state index in [4.69, 9.17) is 0 Å². The van der Waals surface area contributed by atoms with Gasteiger partial charge in [-0.15, -0.1) is 11.3 Å². The minimum atomic E-state index is 0.0854. The summed E-state index contributed by atoms with van der Waals surface area (Å²) < 4.78 is 1.20. The monoisotopic (exact) mass is 290 g/mol. The molecule has 1 aromatic rings. The van der Waals surface area contributed by atoms with Crippen LogP contribution in [-0.4, -0.2) is 31.6 Å². The minimum Gasteiger partial charge on any atom is -0.311 e. The van der Waals surface area contributed by atoms with Crippen molar-refractivity contribution in [2.75, 3.05) is 21.1 Å². The maximum atomic E-state index is 3.60. The van der Waals surface area contributed by atoms with E-state index in [9.17, 15) is 0 Å². The number of nitrogens with one attached hydrogen (secondary N) is 1. The maximum Gasteiger partial charge on any atom is 0.0605 e. The molecule has 0 fully saturated rings. The van der Waals surface area contributed by atoms with Gasteiger partial charge in [0, 0.05) is 14.9 Å². The molecule has 0 radical (unpaired) electrons. The fourth-order valence-corrected chi connectivity index (χ4v) is 3.46. The number of hydrogen-bond donors (Lipinski definition) is 1. The number of nitrogens with zero attached hydrogens (tertiary/aromatic N) is 1. The molecule has 0 aliphatic rings. The van der Waals surface area contributed by atoms with Crippen LogP contribution in [0.4, 0.5) is 0 Å². The van der Waals surface area contributed by atoms with Gasteiger partial charge in [-0.2, -0.15) is 0 Å². The minimum absolute atomic E-state index is 0.0854. The Balaban J connectivity index is 3.04. The molecule has 1 heterocycles. The van der Waals surface area contributed by atoms with Gasteiger partial charge in [0.15, 0.2) is 0 Å². The molecule has 2 nitrogen and oxygen atoms in total. The van der Waals surface area contributed by atoms with Crippen LogP contribution in [0.2, 0.25) is 0 Å². The van der Waals surface area contributed by atoms with E-state index in [0.29, 0.717) is 6.04 Å². The van der Waals surface area contributed by atoms with E-state index in [1.807, 2.05) is 7.05 Å². The molecule has 1 rings (SSSR count). The quantitative estimate of drug-likeness (QED) is 0.917. The van der Waals surface area contributed by atoms with Crippen molar-refractivity contribution in [2.45, 2.75) is 25.4 Å². The molecule has 4 heteroatoms. The smallest absolute Gasteiger partial charge is 0.0605 e. The normalized spacial score (nSPS) is 14.6. The van der Waals surface area contributed by atoms with Crippen molar-refractivity contribution >= 4 is 27.3 Å². The highest BCUT2D eigenvalue weighted by atomic mass is 79.9. The molecule has 0 saturated heterocycles. The summed E-state index contributed by atoms with van der Waals surface area (Å²) in [7, 11) is 6.25. The lowest BCUT2D eigenvalue weighted by molar-refractivity contribution is 0.144. The summed E-state index contributed by atoms with van der Waals surface area (Å²) in [6, 6.07) is 2.44. The van der Waals surface area contributed by atoms with Crippen LogP contribution in [-0.2, 0) is 0 Å². The zero-order chi connectivity index (χ0) is 11.6. The van der Waals surface area contributed by atoms with Crippen molar-refractivity contribution in [3.8, 4) is 0 Å². The first-order chi connectivity index (χ1) is 6.91. The third-order valence-corrected chi connectivity index (χ3v) is 4.99. The van der Waals surface area contributed by atoms with Crippen molar-refractivity contribution in [1.82, 2.24) is 10.2 Å². The van der Waals surface area contributed by atoms with Gasteiger partial charge in [0.2, 0.25) is 0 Å². The lowest BCUT2D eigenvalue weighted by Gasteiger charge is -2.39. The first kappa shape index (κ1) is 13.2. The fraction of sp³-hybridized carbons (Fsp3) is 0.636. The van der Waals surface area contributed by atoms with Crippen LogP contribution in [0.1, 0.15) is 24.8 Å². The lowest BCUT2D eigenvalue weighted by atomic mass is 9.92. The van der Waals surface area contributed by atoms with E-state index in [0.717, 1.165) is 0 Å². The molecule has 86 valence electrons. The van der Waals surface area contributed by atoms with Crippen LogP contribution in [0.25, 0.3) is 0 Å². The van der Waals surface area contributed by atoms with E-state index in [2.05, 4.69) is 65.5 Å². The van der Waals surface area contributed by atoms with Crippen molar-refractivity contribution < 1.29 is 0 Å². The number of rotatable bonds is 4. The van der Waals surface area contributed by atoms with Crippen molar-refractivity contribution in [2.24, 2.45) is 0 Å². The second kappa shape index (κ2) is 4.95. The van der Waals surface area contributed by atoms with Crippen molar-refractivity contribution in [3.05, 3.63) is 20.8 Å². The first-order valence-electron chi connectivity index (χ1n) is 4.98. The Morgan fingerprint density at radius 3 is 2.40 bits per heavy atom. The first-order valence-corrected chi connectivity index (χ1v) is 6.66. The molecule has 0 bridgehead atoms. The second-order valence-corrected chi connectivity index (χ2v) is 6.20. The highest BCUT2D eigenvalue weighted by Crippen LogP contribution is 2.36. The molecule has 0 aromatic carbocycles. The van der Waals surface area contributed by atoms with Crippen LogP contribution in [0.3, 0.4) is 0 Å². The molecule has 0 amide bonds. The molecule has 0 aliphatic carbocycles. The molecule has 1 unspecified atom stereocenters.